The van der Waals surface area contributed by atoms with E-state index in [9.17, 15) is 18.3 Å². The number of nitrogens with zero attached hydrogens (tertiary/aromatic N) is 5. The van der Waals surface area contributed by atoms with Crippen LogP contribution in [0.4, 0.5) is 5.69 Å². The van der Waals surface area contributed by atoms with E-state index in [0.717, 1.165) is 24.9 Å². The lowest BCUT2D eigenvalue weighted by Gasteiger charge is -2.35. The second-order valence-electron chi connectivity index (χ2n) is 11.0. The van der Waals surface area contributed by atoms with Crippen LogP contribution in [0.3, 0.4) is 0 Å². The van der Waals surface area contributed by atoms with Crippen molar-refractivity contribution in [1.82, 2.24) is 18.8 Å². The third-order valence-corrected chi connectivity index (χ3v) is 9.05. The minimum Gasteiger partial charge on any atom is -0.490 e. The van der Waals surface area contributed by atoms with Gasteiger partial charge in [-0.1, -0.05) is 6.92 Å². The van der Waals surface area contributed by atoms with Crippen molar-refractivity contribution in [2.75, 3.05) is 52.3 Å². The maximum atomic E-state index is 14.1. The summed E-state index contributed by atoms with van der Waals surface area (Å²) in [5.74, 6) is 0.00380. The molecule has 0 unspecified atom stereocenters. The highest BCUT2D eigenvalue weighted by molar-refractivity contribution is 7.89. The van der Waals surface area contributed by atoms with Crippen molar-refractivity contribution in [2.45, 2.75) is 63.3 Å². The fraction of sp³-hybridized carbons (Fsp3) is 0.643. The lowest BCUT2D eigenvalue weighted by molar-refractivity contribution is -0.00835. The highest BCUT2D eigenvalue weighted by Gasteiger charge is 2.33. The van der Waals surface area contributed by atoms with E-state index in [1.165, 1.54) is 23.9 Å². The molecule has 0 fully saturated rings. The van der Waals surface area contributed by atoms with E-state index < -0.39 is 22.2 Å². The van der Waals surface area contributed by atoms with Crippen LogP contribution < -0.4 is 9.64 Å². The first-order chi connectivity index (χ1) is 18.8. The molecule has 0 aliphatic carbocycles. The molecule has 3 rings (SSSR count). The third-order valence-electron chi connectivity index (χ3n) is 7.34. The molecule has 1 aliphatic rings. The zero-order valence-corrected chi connectivity index (χ0v) is 25.6. The second-order valence-corrected chi connectivity index (χ2v) is 13.0. The number of carbonyl (C=O) groups is 1. The van der Waals surface area contributed by atoms with E-state index >= 15 is 0 Å². The Labute approximate surface area is 238 Å². The van der Waals surface area contributed by atoms with E-state index in [-0.39, 0.29) is 42.7 Å². The Morgan fingerprint density at radius 3 is 2.55 bits per heavy atom. The van der Waals surface area contributed by atoms with Crippen molar-refractivity contribution < 1.29 is 27.8 Å². The van der Waals surface area contributed by atoms with Crippen LogP contribution in [0.15, 0.2) is 35.7 Å². The lowest BCUT2D eigenvalue weighted by Crippen LogP contribution is -2.48. The van der Waals surface area contributed by atoms with Gasteiger partial charge < -0.3 is 28.9 Å². The first kappa shape index (κ1) is 31.9. The van der Waals surface area contributed by atoms with Gasteiger partial charge in [0.1, 0.15) is 5.75 Å². The molecule has 1 aromatic heterocycles. The Balaban J connectivity index is 1.96. The van der Waals surface area contributed by atoms with Crippen molar-refractivity contribution in [2.24, 2.45) is 13.0 Å². The number of benzene rings is 1. The Bertz CT molecular complexity index is 1230. The zero-order valence-electron chi connectivity index (χ0n) is 24.8. The van der Waals surface area contributed by atoms with Crippen LogP contribution in [0.25, 0.3) is 0 Å². The maximum Gasteiger partial charge on any atom is 0.261 e. The number of ether oxygens (including phenoxy) is 2. The summed E-state index contributed by atoms with van der Waals surface area (Å²) < 4.78 is 41.8. The summed E-state index contributed by atoms with van der Waals surface area (Å²) in [5.41, 5.74) is 1.28. The maximum absolute atomic E-state index is 14.1. The third kappa shape index (κ3) is 7.74. The molecule has 1 amide bonds. The van der Waals surface area contributed by atoms with Crippen LogP contribution in [0.1, 0.15) is 50.4 Å². The van der Waals surface area contributed by atoms with Crippen molar-refractivity contribution in [3.05, 3.63) is 36.3 Å². The van der Waals surface area contributed by atoms with Crippen molar-refractivity contribution in [1.29, 1.82) is 0 Å². The number of anilines is 1. The first-order valence-electron chi connectivity index (χ1n) is 13.8. The van der Waals surface area contributed by atoms with E-state index in [2.05, 4.69) is 4.98 Å². The van der Waals surface area contributed by atoms with Gasteiger partial charge in [0.25, 0.3) is 15.9 Å². The van der Waals surface area contributed by atoms with E-state index in [0.29, 0.717) is 17.9 Å². The summed E-state index contributed by atoms with van der Waals surface area (Å²) >= 11 is 0. The average Bonchev–Trinajstić information content (AvgIpc) is 3.36. The summed E-state index contributed by atoms with van der Waals surface area (Å²) in [4.78, 5) is 21.6. The molecule has 4 atom stereocenters. The molecular formula is C28H45N5O6S. The molecule has 2 aromatic rings. The molecule has 2 heterocycles. The van der Waals surface area contributed by atoms with Gasteiger partial charge in [-0.25, -0.2) is 13.4 Å². The SMILES string of the molecule is C[C@@H]1CCCCO[C@H](CN(C)S(=O)(=O)c2cn(C)cn2)[C@H](C)CN([C@H](C)CO)C(=O)c2cc(N(C)C)ccc2O1. The number of aliphatic hydroxyl groups is 1. The van der Waals surface area contributed by atoms with Crippen molar-refractivity contribution in [3.63, 3.8) is 0 Å². The van der Waals surface area contributed by atoms with E-state index in [1.807, 2.05) is 51.0 Å². The predicted octanol–water partition coefficient (Wildman–Crippen LogP) is 2.60. The number of sulfonamides is 1. The number of hydrogen-bond donors (Lipinski definition) is 1. The van der Waals surface area contributed by atoms with Gasteiger partial charge in [0.05, 0.1) is 36.7 Å². The molecule has 0 saturated heterocycles. The van der Waals surface area contributed by atoms with Crippen LogP contribution in [-0.4, -0.2) is 104 Å². The Morgan fingerprint density at radius 1 is 1.20 bits per heavy atom. The molecule has 11 nitrogen and oxygen atoms in total. The molecular weight excluding hydrogens is 534 g/mol. The van der Waals surface area contributed by atoms with Gasteiger partial charge >= 0.3 is 0 Å². The Hall–Kier alpha value is -2.67. The quantitative estimate of drug-likeness (QED) is 0.532. The van der Waals surface area contributed by atoms with Gasteiger partial charge in [0.15, 0.2) is 5.03 Å². The number of amides is 1. The molecule has 0 radical (unpaired) electrons. The van der Waals surface area contributed by atoms with Crippen LogP contribution in [0.2, 0.25) is 0 Å². The summed E-state index contributed by atoms with van der Waals surface area (Å²) in [5, 5.41) is 10.1. The van der Waals surface area contributed by atoms with E-state index in [4.69, 9.17) is 9.47 Å². The van der Waals surface area contributed by atoms with Crippen molar-refractivity contribution >= 4 is 21.6 Å². The fourth-order valence-electron chi connectivity index (χ4n) is 4.68. The number of fused-ring (bicyclic) bond motifs is 1. The lowest BCUT2D eigenvalue weighted by atomic mass is 10.0. The number of aromatic nitrogens is 2. The average molecular weight is 580 g/mol. The van der Waals surface area contributed by atoms with Crippen LogP contribution in [0, 0.1) is 5.92 Å². The molecule has 40 heavy (non-hydrogen) atoms. The van der Waals surface area contributed by atoms with Crippen molar-refractivity contribution in [3.8, 4) is 5.75 Å². The minimum atomic E-state index is -3.83. The van der Waals surface area contributed by atoms with Gasteiger partial charge in [-0.15, -0.1) is 0 Å². The number of likely N-dealkylation sites (N-methyl/N-ethyl adjacent to an activating group) is 1. The summed E-state index contributed by atoms with van der Waals surface area (Å²) in [6.45, 7) is 6.29. The Morgan fingerprint density at radius 2 is 1.93 bits per heavy atom. The van der Waals surface area contributed by atoms with Crippen LogP contribution >= 0.6 is 0 Å². The normalized spacial score (nSPS) is 22.4. The smallest absolute Gasteiger partial charge is 0.261 e. The number of carbonyl (C=O) groups excluding carboxylic acids is 1. The molecule has 1 aliphatic heterocycles. The topological polar surface area (TPSA) is 117 Å². The molecule has 1 aromatic carbocycles. The number of aliphatic hydroxyl groups excluding tert-OH is 1. The van der Waals surface area contributed by atoms with Gasteiger partial charge in [-0.3, -0.25) is 4.79 Å². The van der Waals surface area contributed by atoms with E-state index in [1.54, 1.807) is 23.4 Å². The van der Waals surface area contributed by atoms with Gasteiger partial charge in [-0.05, 0) is 51.3 Å². The number of rotatable bonds is 7. The summed E-state index contributed by atoms with van der Waals surface area (Å²) in [6.07, 6.45) is 4.73. The largest absolute Gasteiger partial charge is 0.490 e. The van der Waals surface area contributed by atoms with Gasteiger partial charge in [0, 0.05) is 65.7 Å². The predicted molar refractivity (Wildman–Crippen MR) is 154 cm³/mol. The number of imidazole rings is 1. The van der Waals surface area contributed by atoms with Gasteiger partial charge in [0.2, 0.25) is 0 Å². The molecule has 224 valence electrons. The van der Waals surface area contributed by atoms with Crippen LogP contribution in [-0.2, 0) is 21.8 Å². The molecule has 0 spiro atoms. The zero-order chi connectivity index (χ0) is 29.6. The summed E-state index contributed by atoms with van der Waals surface area (Å²) in [7, 11) is 3.22. The number of hydrogen-bond acceptors (Lipinski definition) is 8. The number of aryl methyl sites for hydroxylation is 1. The monoisotopic (exact) mass is 579 g/mol. The molecule has 0 bridgehead atoms. The highest BCUT2D eigenvalue weighted by atomic mass is 32.2. The fourth-order valence-corrected chi connectivity index (χ4v) is 5.83. The Kier molecular flexibility index (Phi) is 11.0. The highest BCUT2D eigenvalue weighted by Crippen LogP contribution is 2.29. The summed E-state index contributed by atoms with van der Waals surface area (Å²) in [6, 6.07) is 5.09. The second kappa shape index (κ2) is 13.8. The first-order valence-corrected chi connectivity index (χ1v) is 15.2. The molecule has 12 heteroatoms. The minimum absolute atomic E-state index is 0.0287. The van der Waals surface area contributed by atoms with Crippen LogP contribution in [0.5, 0.6) is 5.75 Å². The molecule has 0 saturated carbocycles. The van der Waals surface area contributed by atoms with Gasteiger partial charge in [-0.2, -0.15) is 4.31 Å². The molecule has 1 N–H and O–H groups in total. The standard InChI is InChI=1S/C28H45N5O6S/c1-20-15-33(21(2)18-34)28(35)24-14-23(30(4)5)11-12-25(24)39-22(3)10-8-9-13-38-26(20)16-32(7)40(36,37)27-17-31(6)19-29-27/h11-12,14,17,19-22,26,34H,8-10,13,15-16,18H2,1-7H3/t20-,21-,22-,26-/m1/s1.